The molecule has 0 aliphatic carbocycles. The summed E-state index contributed by atoms with van der Waals surface area (Å²) in [6.07, 6.45) is 1.03. The Morgan fingerprint density at radius 1 is 1.00 bits per heavy atom. The van der Waals surface area contributed by atoms with E-state index in [-0.39, 0.29) is 11.9 Å². The molecule has 0 saturated heterocycles. The molecule has 0 fully saturated rings. The van der Waals surface area contributed by atoms with Crippen LogP contribution in [0.4, 0.5) is 4.39 Å². The number of rotatable bonds is 5. The van der Waals surface area contributed by atoms with Crippen LogP contribution in [0.5, 0.6) is 0 Å². The highest BCUT2D eigenvalue weighted by Crippen LogP contribution is 2.23. The molecule has 19 heavy (non-hydrogen) atoms. The van der Waals surface area contributed by atoms with E-state index in [9.17, 15) is 4.39 Å². The Kier molecular flexibility index (Phi) is 4.69. The molecule has 0 spiro atoms. The highest BCUT2D eigenvalue weighted by atomic mass is 19.1. The first kappa shape index (κ1) is 13.8. The SMILES string of the molecule is CCNC(c1ccc(CC)cc1)c1cccc(F)c1. The van der Waals surface area contributed by atoms with Crippen LogP contribution in [0.1, 0.15) is 36.6 Å². The van der Waals surface area contributed by atoms with Crippen LogP contribution < -0.4 is 5.32 Å². The van der Waals surface area contributed by atoms with Crippen molar-refractivity contribution in [3.8, 4) is 0 Å². The molecule has 2 rings (SSSR count). The summed E-state index contributed by atoms with van der Waals surface area (Å²) in [4.78, 5) is 0. The molecule has 2 aromatic rings. The standard InChI is InChI=1S/C17H20FN/c1-3-13-8-10-14(11-9-13)17(19-4-2)15-6-5-7-16(18)12-15/h5-12,17,19H,3-4H2,1-2H3. The molecule has 1 nitrogen and oxygen atoms in total. The lowest BCUT2D eigenvalue weighted by atomic mass is 9.97. The minimum absolute atomic E-state index is 0.0478. The predicted octanol–water partition coefficient (Wildman–Crippen LogP) is 4.09. The first-order valence-corrected chi connectivity index (χ1v) is 6.82. The van der Waals surface area contributed by atoms with Gasteiger partial charge in [0.25, 0.3) is 0 Å². The Hall–Kier alpha value is -1.67. The zero-order valence-corrected chi connectivity index (χ0v) is 11.5. The van der Waals surface area contributed by atoms with Crippen molar-refractivity contribution in [1.29, 1.82) is 0 Å². The van der Waals surface area contributed by atoms with Crippen molar-refractivity contribution in [3.63, 3.8) is 0 Å². The van der Waals surface area contributed by atoms with Gasteiger partial charge in [-0.1, -0.05) is 50.2 Å². The monoisotopic (exact) mass is 257 g/mol. The molecule has 0 saturated carbocycles. The molecule has 0 heterocycles. The van der Waals surface area contributed by atoms with Crippen LogP contribution in [0.2, 0.25) is 0 Å². The fraction of sp³-hybridized carbons (Fsp3) is 0.294. The zero-order valence-electron chi connectivity index (χ0n) is 11.5. The summed E-state index contributed by atoms with van der Waals surface area (Å²) >= 11 is 0. The fourth-order valence-corrected chi connectivity index (χ4v) is 2.26. The maximum Gasteiger partial charge on any atom is 0.123 e. The third kappa shape index (κ3) is 3.42. The van der Waals surface area contributed by atoms with Crippen molar-refractivity contribution in [2.24, 2.45) is 0 Å². The highest BCUT2D eigenvalue weighted by molar-refractivity contribution is 5.33. The van der Waals surface area contributed by atoms with Crippen LogP contribution in [0, 0.1) is 5.82 Å². The second-order valence-corrected chi connectivity index (χ2v) is 4.64. The average molecular weight is 257 g/mol. The first-order valence-electron chi connectivity index (χ1n) is 6.82. The summed E-state index contributed by atoms with van der Waals surface area (Å²) in [6, 6.07) is 15.4. The molecule has 0 bridgehead atoms. The molecule has 1 unspecified atom stereocenters. The van der Waals surface area contributed by atoms with Gasteiger partial charge in [0.1, 0.15) is 5.82 Å². The summed E-state index contributed by atoms with van der Waals surface area (Å²) < 4.78 is 13.4. The quantitative estimate of drug-likeness (QED) is 0.850. The number of nitrogens with one attached hydrogen (secondary N) is 1. The molecule has 100 valence electrons. The van der Waals surface area contributed by atoms with Crippen LogP contribution in [0.15, 0.2) is 48.5 Å². The van der Waals surface area contributed by atoms with Crippen LogP contribution in [-0.4, -0.2) is 6.54 Å². The molecule has 0 radical (unpaired) electrons. The van der Waals surface area contributed by atoms with Crippen LogP contribution in [0.25, 0.3) is 0 Å². The molecule has 2 aromatic carbocycles. The molecule has 0 aromatic heterocycles. The summed E-state index contributed by atoms with van der Waals surface area (Å²) in [6.45, 7) is 5.05. The van der Waals surface area contributed by atoms with Gasteiger partial charge in [-0.2, -0.15) is 0 Å². The van der Waals surface area contributed by atoms with Crippen molar-refractivity contribution in [2.75, 3.05) is 6.54 Å². The van der Waals surface area contributed by atoms with E-state index in [0.717, 1.165) is 18.5 Å². The van der Waals surface area contributed by atoms with E-state index < -0.39 is 0 Å². The van der Waals surface area contributed by atoms with Crippen molar-refractivity contribution in [1.82, 2.24) is 5.32 Å². The molecular formula is C17H20FN. The summed E-state index contributed by atoms with van der Waals surface area (Å²) in [5, 5.41) is 3.41. The fourth-order valence-electron chi connectivity index (χ4n) is 2.26. The van der Waals surface area contributed by atoms with Gasteiger partial charge in [-0.25, -0.2) is 4.39 Å². The van der Waals surface area contributed by atoms with Crippen LogP contribution in [-0.2, 0) is 6.42 Å². The van der Waals surface area contributed by atoms with Gasteiger partial charge < -0.3 is 5.32 Å². The Bertz CT molecular complexity index is 519. The Morgan fingerprint density at radius 2 is 1.74 bits per heavy atom. The van der Waals surface area contributed by atoms with Gasteiger partial charge >= 0.3 is 0 Å². The second kappa shape index (κ2) is 6.48. The van der Waals surface area contributed by atoms with E-state index in [1.807, 2.05) is 6.07 Å². The van der Waals surface area contributed by atoms with Gasteiger partial charge in [0.15, 0.2) is 0 Å². The van der Waals surface area contributed by atoms with Gasteiger partial charge in [0.2, 0.25) is 0 Å². The third-order valence-electron chi connectivity index (χ3n) is 3.31. The van der Waals surface area contributed by atoms with Crippen molar-refractivity contribution in [3.05, 3.63) is 71.0 Å². The van der Waals surface area contributed by atoms with Crippen molar-refractivity contribution >= 4 is 0 Å². The van der Waals surface area contributed by atoms with E-state index in [1.54, 1.807) is 12.1 Å². The molecule has 2 heteroatoms. The minimum Gasteiger partial charge on any atom is -0.307 e. The molecular weight excluding hydrogens is 237 g/mol. The topological polar surface area (TPSA) is 12.0 Å². The molecule has 1 N–H and O–H groups in total. The van der Waals surface area contributed by atoms with Gasteiger partial charge in [0.05, 0.1) is 6.04 Å². The Morgan fingerprint density at radius 3 is 2.32 bits per heavy atom. The van der Waals surface area contributed by atoms with E-state index in [4.69, 9.17) is 0 Å². The van der Waals surface area contributed by atoms with Gasteiger partial charge in [-0.05, 0) is 41.8 Å². The molecule has 0 amide bonds. The Balaban J connectivity index is 2.33. The highest BCUT2D eigenvalue weighted by Gasteiger charge is 2.13. The Labute approximate surface area is 114 Å². The van der Waals surface area contributed by atoms with E-state index in [1.165, 1.54) is 17.2 Å². The lowest BCUT2D eigenvalue weighted by Gasteiger charge is -2.19. The number of hydrogen-bond donors (Lipinski definition) is 1. The molecule has 0 aliphatic heterocycles. The number of benzene rings is 2. The van der Waals surface area contributed by atoms with Crippen molar-refractivity contribution in [2.45, 2.75) is 26.3 Å². The predicted molar refractivity (Wildman–Crippen MR) is 77.7 cm³/mol. The van der Waals surface area contributed by atoms with Crippen molar-refractivity contribution < 1.29 is 4.39 Å². The van der Waals surface area contributed by atoms with Gasteiger partial charge in [-0.15, -0.1) is 0 Å². The van der Waals surface area contributed by atoms with Gasteiger partial charge in [-0.3, -0.25) is 0 Å². The number of hydrogen-bond acceptors (Lipinski definition) is 1. The van der Waals surface area contributed by atoms with E-state index >= 15 is 0 Å². The molecule has 0 aliphatic rings. The largest absolute Gasteiger partial charge is 0.307 e. The first-order chi connectivity index (χ1) is 9.24. The number of aryl methyl sites for hydroxylation is 1. The second-order valence-electron chi connectivity index (χ2n) is 4.64. The van der Waals surface area contributed by atoms with E-state index in [0.29, 0.717) is 0 Å². The summed E-state index contributed by atoms with van der Waals surface area (Å²) in [5.41, 5.74) is 3.45. The van der Waals surface area contributed by atoms with Crippen LogP contribution in [0.3, 0.4) is 0 Å². The van der Waals surface area contributed by atoms with E-state index in [2.05, 4.69) is 43.4 Å². The summed E-state index contributed by atoms with van der Waals surface area (Å²) in [5.74, 6) is -0.189. The summed E-state index contributed by atoms with van der Waals surface area (Å²) in [7, 11) is 0. The van der Waals surface area contributed by atoms with Gasteiger partial charge in [0, 0.05) is 0 Å². The normalized spacial score (nSPS) is 12.4. The average Bonchev–Trinajstić information content (AvgIpc) is 2.45. The molecule has 1 atom stereocenters. The maximum absolute atomic E-state index is 13.4. The zero-order chi connectivity index (χ0) is 13.7. The smallest absolute Gasteiger partial charge is 0.123 e. The lowest BCUT2D eigenvalue weighted by Crippen LogP contribution is -2.22. The maximum atomic E-state index is 13.4. The minimum atomic E-state index is -0.189. The lowest BCUT2D eigenvalue weighted by molar-refractivity contribution is 0.603. The third-order valence-corrected chi connectivity index (χ3v) is 3.31. The van der Waals surface area contributed by atoms with Crippen LogP contribution >= 0.6 is 0 Å². The number of halogens is 1.